The Kier molecular flexibility index (Phi) is 4.85. The van der Waals surface area contributed by atoms with Gasteiger partial charge in [-0.3, -0.25) is 10.1 Å². The van der Waals surface area contributed by atoms with Crippen molar-refractivity contribution in [3.05, 3.63) is 30.0 Å². The number of methoxy groups -OCH3 is 1. The number of nitrogens with two attached hydrogens (primary N) is 1. The van der Waals surface area contributed by atoms with E-state index < -0.39 is 0 Å². The predicted octanol–water partition coefficient (Wildman–Crippen LogP) is 3.01. The number of amides is 1. The fourth-order valence-corrected chi connectivity index (χ4v) is 3.23. The topological polar surface area (TPSA) is 89.8 Å². The summed E-state index contributed by atoms with van der Waals surface area (Å²) in [6.45, 7) is 1.90. The molecule has 1 fully saturated rings. The van der Waals surface area contributed by atoms with Gasteiger partial charge in [0.05, 0.1) is 11.8 Å². The highest BCUT2D eigenvalue weighted by atomic mass is 16.5. The summed E-state index contributed by atoms with van der Waals surface area (Å²) in [6, 6.07) is 7.48. The minimum absolute atomic E-state index is 0.0727. The lowest BCUT2D eigenvalue weighted by atomic mass is 9.86. The van der Waals surface area contributed by atoms with Gasteiger partial charge in [0.15, 0.2) is 0 Å². The molecule has 0 bridgehead atoms. The molecule has 1 aromatic heterocycles. The molecule has 1 aliphatic carbocycles. The van der Waals surface area contributed by atoms with Gasteiger partial charge in [0.25, 0.3) is 0 Å². The first kappa shape index (κ1) is 16.5. The number of carbonyl (C=O) groups is 1. The first-order valence-corrected chi connectivity index (χ1v) is 8.23. The Labute approximate surface area is 141 Å². The molecule has 0 spiro atoms. The van der Waals surface area contributed by atoms with Crippen LogP contribution in [-0.2, 0) is 9.53 Å². The monoisotopic (exact) mass is 329 g/mol. The van der Waals surface area contributed by atoms with Gasteiger partial charge in [-0.1, -0.05) is 6.42 Å². The minimum Gasteiger partial charge on any atom is -0.461 e. The zero-order valence-corrected chi connectivity index (χ0v) is 14.0. The first-order chi connectivity index (χ1) is 11.5. The van der Waals surface area contributed by atoms with Crippen LogP contribution in [0.15, 0.2) is 33.7 Å². The number of furan rings is 1. The third-order valence-corrected chi connectivity index (χ3v) is 4.45. The number of nitrogens with one attached hydrogen (secondary N) is 1. The molecular formula is C18H23N3O3. The molecule has 2 atom stereocenters. The van der Waals surface area contributed by atoms with Crippen LogP contribution in [0.3, 0.4) is 0 Å². The predicted molar refractivity (Wildman–Crippen MR) is 93.1 cm³/mol. The van der Waals surface area contributed by atoms with Crippen LogP contribution in [0, 0.1) is 12.8 Å². The van der Waals surface area contributed by atoms with Crippen LogP contribution in [0.2, 0.25) is 0 Å². The summed E-state index contributed by atoms with van der Waals surface area (Å²) in [7, 11) is 1.69. The van der Waals surface area contributed by atoms with Crippen molar-refractivity contribution in [2.75, 3.05) is 7.11 Å². The van der Waals surface area contributed by atoms with E-state index in [4.69, 9.17) is 14.9 Å². The van der Waals surface area contributed by atoms with Gasteiger partial charge in [-0.25, -0.2) is 4.99 Å². The van der Waals surface area contributed by atoms with Gasteiger partial charge in [0.1, 0.15) is 11.3 Å². The van der Waals surface area contributed by atoms with E-state index in [1.807, 2.05) is 31.2 Å². The first-order valence-electron chi connectivity index (χ1n) is 8.23. The number of rotatable bonds is 3. The van der Waals surface area contributed by atoms with Crippen molar-refractivity contribution in [3.8, 4) is 0 Å². The van der Waals surface area contributed by atoms with Gasteiger partial charge in [0, 0.05) is 18.4 Å². The van der Waals surface area contributed by atoms with Crippen molar-refractivity contribution >= 4 is 28.5 Å². The van der Waals surface area contributed by atoms with Crippen LogP contribution in [0.5, 0.6) is 0 Å². The third kappa shape index (κ3) is 3.76. The second kappa shape index (κ2) is 7.05. The maximum absolute atomic E-state index is 12.3. The number of nitrogens with zero attached hydrogens (tertiary/aromatic N) is 1. The number of ether oxygens (including phenoxy) is 1. The zero-order chi connectivity index (χ0) is 17.1. The summed E-state index contributed by atoms with van der Waals surface area (Å²) in [5.74, 6) is 0.797. The molecule has 2 unspecified atom stereocenters. The minimum atomic E-state index is -0.0850. The molecule has 24 heavy (non-hydrogen) atoms. The van der Waals surface area contributed by atoms with Crippen molar-refractivity contribution in [2.45, 2.75) is 38.7 Å². The number of guanidine groups is 1. The molecule has 0 radical (unpaired) electrons. The molecule has 3 rings (SSSR count). The second-order valence-electron chi connectivity index (χ2n) is 6.29. The van der Waals surface area contributed by atoms with Crippen LogP contribution >= 0.6 is 0 Å². The molecule has 1 heterocycles. The van der Waals surface area contributed by atoms with Gasteiger partial charge in [-0.2, -0.15) is 0 Å². The van der Waals surface area contributed by atoms with E-state index in [9.17, 15) is 4.79 Å². The molecule has 1 saturated carbocycles. The van der Waals surface area contributed by atoms with Crippen molar-refractivity contribution in [2.24, 2.45) is 16.6 Å². The molecule has 128 valence electrons. The smallest absolute Gasteiger partial charge is 0.229 e. The van der Waals surface area contributed by atoms with Crippen molar-refractivity contribution in [1.29, 1.82) is 0 Å². The number of fused-ring (bicyclic) bond motifs is 1. The van der Waals surface area contributed by atoms with E-state index in [-0.39, 0.29) is 23.9 Å². The summed E-state index contributed by atoms with van der Waals surface area (Å²) in [4.78, 5) is 16.6. The fraction of sp³-hybridized carbons (Fsp3) is 0.444. The third-order valence-electron chi connectivity index (χ3n) is 4.45. The van der Waals surface area contributed by atoms with E-state index in [1.165, 1.54) is 0 Å². The molecule has 0 aliphatic heterocycles. The number of hydrogen-bond donors (Lipinski definition) is 2. The molecule has 1 amide bonds. The van der Waals surface area contributed by atoms with Crippen LogP contribution in [-0.4, -0.2) is 25.1 Å². The van der Waals surface area contributed by atoms with E-state index in [0.29, 0.717) is 5.69 Å². The zero-order valence-electron chi connectivity index (χ0n) is 14.0. The number of carbonyl (C=O) groups excluding carboxylic acids is 1. The Bertz CT molecular complexity index is 766. The van der Waals surface area contributed by atoms with Gasteiger partial charge in [-0.15, -0.1) is 0 Å². The Balaban J connectivity index is 1.67. The highest BCUT2D eigenvalue weighted by molar-refractivity contribution is 5.98. The average molecular weight is 329 g/mol. The van der Waals surface area contributed by atoms with Gasteiger partial charge < -0.3 is 14.9 Å². The normalized spacial score (nSPS) is 21.8. The Morgan fingerprint density at radius 1 is 1.38 bits per heavy atom. The summed E-state index contributed by atoms with van der Waals surface area (Å²) in [5, 5.41) is 3.67. The van der Waals surface area contributed by atoms with Crippen molar-refractivity contribution in [1.82, 2.24) is 5.32 Å². The van der Waals surface area contributed by atoms with Crippen LogP contribution in [0.4, 0.5) is 5.69 Å². The van der Waals surface area contributed by atoms with Crippen molar-refractivity contribution < 1.29 is 13.9 Å². The lowest BCUT2D eigenvalue weighted by Crippen LogP contribution is -2.42. The Hall–Kier alpha value is -2.34. The lowest BCUT2D eigenvalue weighted by molar-refractivity contribution is -0.126. The number of benzene rings is 1. The average Bonchev–Trinajstić information content (AvgIpc) is 2.94. The summed E-state index contributed by atoms with van der Waals surface area (Å²) in [6.07, 6.45) is 3.74. The van der Waals surface area contributed by atoms with E-state index in [1.54, 1.807) is 7.11 Å². The molecule has 0 saturated heterocycles. The van der Waals surface area contributed by atoms with Crippen molar-refractivity contribution in [3.63, 3.8) is 0 Å². The second-order valence-corrected chi connectivity index (χ2v) is 6.29. The molecule has 2 aromatic rings. The summed E-state index contributed by atoms with van der Waals surface area (Å²) >= 11 is 0. The quantitative estimate of drug-likeness (QED) is 0.669. The van der Waals surface area contributed by atoms with Gasteiger partial charge in [-0.05, 0) is 50.5 Å². The molecule has 6 heteroatoms. The Morgan fingerprint density at radius 3 is 3.00 bits per heavy atom. The number of hydrogen-bond acceptors (Lipinski definition) is 4. The SMILES string of the molecule is COC1CCCC(C(=O)NC(N)=Nc2ccc3oc(C)cc3c2)C1. The largest absolute Gasteiger partial charge is 0.461 e. The Morgan fingerprint density at radius 2 is 2.21 bits per heavy atom. The molecule has 6 nitrogen and oxygen atoms in total. The maximum atomic E-state index is 12.3. The van der Waals surface area contributed by atoms with Gasteiger partial charge in [0.2, 0.25) is 11.9 Å². The van der Waals surface area contributed by atoms with E-state index >= 15 is 0 Å². The highest BCUT2D eigenvalue weighted by Gasteiger charge is 2.27. The van der Waals surface area contributed by atoms with Crippen LogP contribution in [0.1, 0.15) is 31.4 Å². The number of aliphatic imine (C=N–C) groups is 1. The van der Waals surface area contributed by atoms with Crippen LogP contribution < -0.4 is 11.1 Å². The summed E-state index contributed by atoms with van der Waals surface area (Å²) in [5.41, 5.74) is 7.38. The fourth-order valence-electron chi connectivity index (χ4n) is 3.23. The molecular weight excluding hydrogens is 306 g/mol. The standard InChI is InChI=1S/C18H23N3O3/c1-11-8-13-9-14(6-7-16(13)24-11)20-18(19)21-17(22)12-4-3-5-15(10-12)23-2/h6-9,12,15H,3-5,10H2,1-2H3,(H3,19,20,21,22). The number of aryl methyl sites for hydroxylation is 1. The van der Waals surface area contributed by atoms with Gasteiger partial charge >= 0.3 is 0 Å². The lowest BCUT2D eigenvalue weighted by Gasteiger charge is -2.27. The van der Waals surface area contributed by atoms with Crippen LogP contribution in [0.25, 0.3) is 11.0 Å². The molecule has 1 aliphatic rings. The summed E-state index contributed by atoms with van der Waals surface area (Å²) < 4.78 is 10.9. The molecule has 1 aromatic carbocycles. The van der Waals surface area contributed by atoms with E-state index in [0.717, 1.165) is 42.4 Å². The molecule has 3 N–H and O–H groups in total. The highest BCUT2D eigenvalue weighted by Crippen LogP contribution is 2.26. The van der Waals surface area contributed by atoms with E-state index in [2.05, 4.69) is 10.3 Å². The maximum Gasteiger partial charge on any atom is 0.229 e.